The number of likely N-dealkylation sites (N-methyl/N-ethyl adjacent to an activating group) is 1. The molecule has 2 aliphatic rings. The second-order valence-electron chi connectivity index (χ2n) is 6.36. The molecule has 3 nitrogen and oxygen atoms in total. The summed E-state index contributed by atoms with van der Waals surface area (Å²) in [5.41, 5.74) is 0. The van der Waals surface area contributed by atoms with E-state index < -0.39 is 0 Å². The fourth-order valence-corrected chi connectivity index (χ4v) is 3.15. The third kappa shape index (κ3) is 4.22. The van der Waals surface area contributed by atoms with E-state index in [0.717, 1.165) is 12.0 Å². The SMILES string of the molecule is CCCNC(CN1CCCN(C)CC1C)C1CC1. The van der Waals surface area contributed by atoms with Gasteiger partial charge in [-0.25, -0.2) is 0 Å². The lowest BCUT2D eigenvalue weighted by Crippen LogP contribution is -2.47. The lowest BCUT2D eigenvalue weighted by molar-refractivity contribution is 0.176. The van der Waals surface area contributed by atoms with Gasteiger partial charge < -0.3 is 10.2 Å². The molecule has 1 saturated carbocycles. The van der Waals surface area contributed by atoms with Crippen LogP contribution in [0, 0.1) is 5.92 Å². The van der Waals surface area contributed by atoms with Crippen LogP contribution in [0.3, 0.4) is 0 Å². The first kappa shape index (κ1) is 14.3. The summed E-state index contributed by atoms with van der Waals surface area (Å²) < 4.78 is 0. The van der Waals surface area contributed by atoms with E-state index in [1.54, 1.807) is 0 Å². The highest BCUT2D eigenvalue weighted by Crippen LogP contribution is 2.33. The van der Waals surface area contributed by atoms with E-state index in [1.807, 2.05) is 0 Å². The maximum absolute atomic E-state index is 3.78. The highest BCUT2D eigenvalue weighted by Gasteiger charge is 2.33. The first-order valence-electron chi connectivity index (χ1n) is 7.86. The standard InChI is InChI=1S/C15H31N3/c1-4-8-16-15(14-6-7-14)12-18-10-5-9-17(3)11-13(18)2/h13-16H,4-12H2,1-3H3. The topological polar surface area (TPSA) is 18.5 Å². The number of nitrogens with one attached hydrogen (secondary N) is 1. The second kappa shape index (κ2) is 6.88. The zero-order valence-electron chi connectivity index (χ0n) is 12.5. The Hall–Kier alpha value is -0.120. The van der Waals surface area contributed by atoms with Crippen LogP contribution in [-0.4, -0.2) is 61.7 Å². The molecule has 0 radical (unpaired) electrons. The van der Waals surface area contributed by atoms with Crippen molar-refractivity contribution in [3.05, 3.63) is 0 Å². The number of nitrogens with zero attached hydrogens (tertiary/aromatic N) is 2. The molecule has 1 saturated heterocycles. The average Bonchev–Trinajstić information content (AvgIpc) is 3.15. The maximum atomic E-state index is 3.78. The summed E-state index contributed by atoms with van der Waals surface area (Å²) in [5, 5.41) is 3.78. The zero-order valence-corrected chi connectivity index (χ0v) is 12.5. The van der Waals surface area contributed by atoms with Gasteiger partial charge in [0.15, 0.2) is 0 Å². The monoisotopic (exact) mass is 253 g/mol. The first-order valence-corrected chi connectivity index (χ1v) is 7.86. The van der Waals surface area contributed by atoms with Crippen molar-refractivity contribution in [3.63, 3.8) is 0 Å². The summed E-state index contributed by atoms with van der Waals surface area (Å²) in [6.07, 6.45) is 5.47. The Bertz CT molecular complexity index is 240. The summed E-state index contributed by atoms with van der Waals surface area (Å²) >= 11 is 0. The van der Waals surface area contributed by atoms with Gasteiger partial charge in [-0.1, -0.05) is 6.92 Å². The van der Waals surface area contributed by atoms with Gasteiger partial charge in [0.2, 0.25) is 0 Å². The predicted octanol–water partition coefficient (Wildman–Crippen LogP) is 1.79. The summed E-state index contributed by atoms with van der Waals surface area (Å²) in [7, 11) is 2.26. The summed E-state index contributed by atoms with van der Waals surface area (Å²) in [5.74, 6) is 0.963. The molecular weight excluding hydrogens is 222 g/mol. The highest BCUT2D eigenvalue weighted by atomic mass is 15.2. The fraction of sp³-hybridized carbons (Fsp3) is 1.00. The van der Waals surface area contributed by atoms with E-state index in [-0.39, 0.29) is 0 Å². The lowest BCUT2D eigenvalue weighted by atomic mass is 10.1. The largest absolute Gasteiger partial charge is 0.312 e. The summed E-state index contributed by atoms with van der Waals surface area (Å²) in [6, 6.07) is 1.46. The lowest BCUT2D eigenvalue weighted by Gasteiger charge is -2.32. The van der Waals surface area contributed by atoms with Crippen LogP contribution >= 0.6 is 0 Å². The number of rotatable bonds is 6. The smallest absolute Gasteiger partial charge is 0.0223 e. The Labute approximate surface area is 113 Å². The molecule has 2 rings (SSSR count). The van der Waals surface area contributed by atoms with Crippen molar-refractivity contribution in [1.82, 2.24) is 15.1 Å². The maximum Gasteiger partial charge on any atom is 0.0223 e. The quantitative estimate of drug-likeness (QED) is 0.778. The Morgan fingerprint density at radius 2 is 2.06 bits per heavy atom. The van der Waals surface area contributed by atoms with Crippen LogP contribution in [0.1, 0.15) is 39.5 Å². The van der Waals surface area contributed by atoms with Crippen LogP contribution in [0.5, 0.6) is 0 Å². The third-order valence-corrected chi connectivity index (χ3v) is 4.46. The van der Waals surface area contributed by atoms with Crippen LogP contribution in [0.15, 0.2) is 0 Å². The van der Waals surface area contributed by atoms with Crippen molar-refractivity contribution in [1.29, 1.82) is 0 Å². The van der Waals surface area contributed by atoms with E-state index in [4.69, 9.17) is 0 Å². The molecule has 2 atom stereocenters. The molecule has 1 aliphatic carbocycles. The predicted molar refractivity (Wildman–Crippen MR) is 78.0 cm³/mol. The van der Waals surface area contributed by atoms with Crippen molar-refractivity contribution in [2.24, 2.45) is 5.92 Å². The van der Waals surface area contributed by atoms with Crippen LogP contribution < -0.4 is 5.32 Å². The van der Waals surface area contributed by atoms with Crippen LogP contribution in [0.2, 0.25) is 0 Å². The van der Waals surface area contributed by atoms with E-state index in [0.29, 0.717) is 6.04 Å². The van der Waals surface area contributed by atoms with Gasteiger partial charge >= 0.3 is 0 Å². The molecule has 0 aromatic carbocycles. The van der Waals surface area contributed by atoms with E-state index >= 15 is 0 Å². The van der Waals surface area contributed by atoms with Gasteiger partial charge in [-0.05, 0) is 65.2 Å². The molecular formula is C15H31N3. The third-order valence-electron chi connectivity index (χ3n) is 4.46. The van der Waals surface area contributed by atoms with Crippen LogP contribution in [-0.2, 0) is 0 Å². The van der Waals surface area contributed by atoms with E-state index in [9.17, 15) is 0 Å². The van der Waals surface area contributed by atoms with Crippen molar-refractivity contribution >= 4 is 0 Å². The van der Waals surface area contributed by atoms with E-state index in [1.165, 1.54) is 58.4 Å². The second-order valence-corrected chi connectivity index (χ2v) is 6.36. The molecule has 0 spiro atoms. The van der Waals surface area contributed by atoms with E-state index in [2.05, 4.69) is 36.0 Å². The normalized spacial score (nSPS) is 29.2. The van der Waals surface area contributed by atoms with Gasteiger partial charge in [0.1, 0.15) is 0 Å². The van der Waals surface area contributed by atoms with Gasteiger partial charge in [-0.2, -0.15) is 0 Å². The molecule has 0 aromatic rings. The minimum Gasteiger partial charge on any atom is -0.312 e. The molecule has 1 heterocycles. The molecule has 2 unspecified atom stereocenters. The molecule has 1 N–H and O–H groups in total. The fourth-order valence-electron chi connectivity index (χ4n) is 3.15. The van der Waals surface area contributed by atoms with Crippen LogP contribution in [0.4, 0.5) is 0 Å². The summed E-state index contributed by atoms with van der Waals surface area (Å²) in [4.78, 5) is 5.20. The molecule has 0 amide bonds. The highest BCUT2D eigenvalue weighted by molar-refractivity contribution is 4.90. The average molecular weight is 253 g/mol. The Balaban J connectivity index is 1.84. The minimum absolute atomic E-state index is 0.710. The molecule has 1 aliphatic heterocycles. The van der Waals surface area contributed by atoms with Gasteiger partial charge in [-0.3, -0.25) is 4.90 Å². The molecule has 3 heteroatoms. The van der Waals surface area contributed by atoms with Gasteiger partial charge in [0.25, 0.3) is 0 Å². The molecule has 0 bridgehead atoms. The van der Waals surface area contributed by atoms with Crippen molar-refractivity contribution in [2.75, 3.05) is 39.8 Å². The molecule has 18 heavy (non-hydrogen) atoms. The number of hydrogen-bond acceptors (Lipinski definition) is 3. The van der Waals surface area contributed by atoms with Crippen LogP contribution in [0.25, 0.3) is 0 Å². The Kier molecular flexibility index (Phi) is 5.46. The van der Waals surface area contributed by atoms with Crippen molar-refractivity contribution in [2.45, 2.75) is 51.6 Å². The Morgan fingerprint density at radius 3 is 2.72 bits per heavy atom. The molecule has 106 valence electrons. The first-order chi connectivity index (χ1) is 8.70. The van der Waals surface area contributed by atoms with Crippen molar-refractivity contribution < 1.29 is 0 Å². The van der Waals surface area contributed by atoms with Gasteiger partial charge in [0, 0.05) is 25.2 Å². The number of hydrogen-bond donors (Lipinski definition) is 1. The Morgan fingerprint density at radius 1 is 1.28 bits per heavy atom. The molecule has 2 fully saturated rings. The van der Waals surface area contributed by atoms with Gasteiger partial charge in [-0.15, -0.1) is 0 Å². The summed E-state index contributed by atoms with van der Waals surface area (Å²) in [6.45, 7) is 10.9. The minimum atomic E-state index is 0.710. The van der Waals surface area contributed by atoms with Crippen molar-refractivity contribution in [3.8, 4) is 0 Å². The zero-order chi connectivity index (χ0) is 13.0. The molecule has 0 aromatic heterocycles. The van der Waals surface area contributed by atoms with Gasteiger partial charge in [0.05, 0.1) is 0 Å².